The Morgan fingerprint density at radius 1 is 1.06 bits per heavy atom. The summed E-state index contributed by atoms with van der Waals surface area (Å²) >= 11 is 0. The number of nitrogens with one attached hydrogen (secondary N) is 1. The fraction of sp³-hybridized carbons (Fsp3) is 1.00. The van der Waals surface area contributed by atoms with E-state index in [0.29, 0.717) is 5.41 Å². The normalized spacial score (nSPS) is 19.7. The van der Waals surface area contributed by atoms with Gasteiger partial charge in [-0.25, -0.2) is 0 Å². The third-order valence-electron chi connectivity index (χ3n) is 3.38. The maximum absolute atomic E-state index is 3.55. The molecule has 0 aromatic carbocycles. The van der Waals surface area contributed by atoms with Crippen LogP contribution in [0.2, 0.25) is 0 Å². The van der Waals surface area contributed by atoms with Gasteiger partial charge in [-0.3, -0.25) is 0 Å². The number of hydrogen-bond donors (Lipinski definition) is 1. The van der Waals surface area contributed by atoms with Crippen LogP contribution in [-0.4, -0.2) is 37.6 Å². The van der Waals surface area contributed by atoms with Gasteiger partial charge in [0.15, 0.2) is 0 Å². The molecule has 0 amide bonds. The Labute approximate surface area is 102 Å². The molecule has 0 unspecified atom stereocenters. The van der Waals surface area contributed by atoms with Crippen LogP contribution in [0.4, 0.5) is 0 Å². The van der Waals surface area contributed by atoms with Crippen LogP contribution in [0.15, 0.2) is 0 Å². The first kappa shape index (κ1) is 14.0. The molecule has 0 radical (unpaired) electrons. The molecule has 2 nitrogen and oxygen atoms in total. The highest BCUT2D eigenvalue weighted by molar-refractivity contribution is 4.77. The number of hydrogen-bond acceptors (Lipinski definition) is 2. The summed E-state index contributed by atoms with van der Waals surface area (Å²) in [5, 5.41) is 3.55. The summed E-state index contributed by atoms with van der Waals surface area (Å²) < 4.78 is 0. The Morgan fingerprint density at radius 2 is 1.69 bits per heavy atom. The summed E-state index contributed by atoms with van der Waals surface area (Å²) in [4.78, 5) is 2.67. The molecule has 1 heterocycles. The largest absolute Gasteiger partial charge is 0.316 e. The van der Waals surface area contributed by atoms with E-state index in [9.17, 15) is 0 Å². The molecule has 0 aromatic heterocycles. The minimum absolute atomic E-state index is 0.416. The van der Waals surface area contributed by atoms with Crippen molar-refractivity contribution in [3.63, 3.8) is 0 Å². The lowest BCUT2D eigenvalue weighted by molar-refractivity contribution is 0.179. The van der Waals surface area contributed by atoms with E-state index < -0.39 is 0 Å². The van der Waals surface area contributed by atoms with E-state index in [1.165, 1.54) is 51.7 Å². The number of nitrogens with zero attached hydrogens (tertiary/aromatic N) is 1. The quantitative estimate of drug-likeness (QED) is 0.701. The highest BCUT2D eigenvalue weighted by Crippen LogP contribution is 2.19. The predicted octanol–water partition coefficient (Wildman–Crippen LogP) is 2.89. The molecule has 0 aliphatic carbocycles. The van der Waals surface area contributed by atoms with Crippen LogP contribution in [0.5, 0.6) is 0 Å². The molecule has 1 fully saturated rings. The van der Waals surface area contributed by atoms with Gasteiger partial charge in [0.2, 0.25) is 0 Å². The lowest BCUT2D eigenvalue weighted by Crippen LogP contribution is -2.41. The van der Waals surface area contributed by atoms with Crippen LogP contribution in [-0.2, 0) is 0 Å². The van der Waals surface area contributed by atoms with Gasteiger partial charge < -0.3 is 10.2 Å². The molecular weight excluding hydrogens is 196 g/mol. The lowest BCUT2D eigenvalue weighted by atomic mass is 9.92. The standard InChI is InChI=1S/C14H30N2/c1-4-9-15-12-14(2,3)13-16-10-7-5-6-8-11-16/h15H,4-13H2,1-3H3. The van der Waals surface area contributed by atoms with Crippen molar-refractivity contribution in [2.24, 2.45) is 5.41 Å². The van der Waals surface area contributed by atoms with Crippen molar-refractivity contribution in [1.82, 2.24) is 10.2 Å². The van der Waals surface area contributed by atoms with E-state index in [-0.39, 0.29) is 0 Å². The zero-order valence-corrected chi connectivity index (χ0v) is 11.5. The van der Waals surface area contributed by atoms with E-state index in [0.717, 1.165) is 13.1 Å². The average molecular weight is 226 g/mol. The van der Waals surface area contributed by atoms with Gasteiger partial charge in [0.1, 0.15) is 0 Å². The van der Waals surface area contributed by atoms with Gasteiger partial charge in [-0.2, -0.15) is 0 Å². The molecule has 0 saturated carbocycles. The van der Waals surface area contributed by atoms with Crippen molar-refractivity contribution in [1.29, 1.82) is 0 Å². The lowest BCUT2D eigenvalue weighted by Gasteiger charge is -2.32. The molecule has 1 aliphatic heterocycles. The first-order valence-electron chi connectivity index (χ1n) is 7.07. The van der Waals surface area contributed by atoms with Gasteiger partial charge in [-0.1, -0.05) is 33.6 Å². The Morgan fingerprint density at radius 3 is 2.25 bits per heavy atom. The molecule has 2 heteroatoms. The van der Waals surface area contributed by atoms with Gasteiger partial charge in [0.05, 0.1) is 0 Å². The van der Waals surface area contributed by atoms with Gasteiger partial charge >= 0.3 is 0 Å². The Balaban J connectivity index is 2.26. The minimum Gasteiger partial charge on any atom is -0.316 e. The summed E-state index contributed by atoms with van der Waals surface area (Å²) in [5.74, 6) is 0. The third-order valence-corrected chi connectivity index (χ3v) is 3.38. The highest BCUT2D eigenvalue weighted by Gasteiger charge is 2.21. The third kappa shape index (κ3) is 5.86. The minimum atomic E-state index is 0.416. The number of likely N-dealkylation sites (tertiary alicyclic amines) is 1. The molecule has 0 spiro atoms. The average Bonchev–Trinajstić information content (AvgIpc) is 2.46. The van der Waals surface area contributed by atoms with E-state index in [1.807, 2.05) is 0 Å². The van der Waals surface area contributed by atoms with Crippen LogP contribution in [0.25, 0.3) is 0 Å². The van der Waals surface area contributed by atoms with Crippen molar-refractivity contribution in [3.8, 4) is 0 Å². The fourth-order valence-corrected chi connectivity index (χ4v) is 2.56. The molecule has 96 valence electrons. The van der Waals surface area contributed by atoms with Crippen molar-refractivity contribution in [2.75, 3.05) is 32.7 Å². The van der Waals surface area contributed by atoms with Gasteiger partial charge in [-0.05, 0) is 44.3 Å². The predicted molar refractivity (Wildman–Crippen MR) is 71.8 cm³/mol. The molecule has 0 aromatic rings. The summed E-state index contributed by atoms with van der Waals surface area (Å²) in [6, 6.07) is 0. The van der Waals surface area contributed by atoms with Crippen molar-refractivity contribution >= 4 is 0 Å². The monoisotopic (exact) mass is 226 g/mol. The van der Waals surface area contributed by atoms with Crippen LogP contribution < -0.4 is 5.32 Å². The second kappa shape index (κ2) is 7.29. The SMILES string of the molecule is CCCNCC(C)(C)CN1CCCCCC1. The van der Waals surface area contributed by atoms with E-state index in [4.69, 9.17) is 0 Å². The Bertz CT molecular complexity index is 170. The van der Waals surface area contributed by atoms with Crippen LogP contribution in [0, 0.1) is 5.41 Å². The van der Waals surface area contributed by atoms with Crippen molar-refractivity contribution in [3.05, 3.63) is 0 Å². The highest BCUT2D eigenvalue weighted by atomic mass is 15.1. The molecule has 1 N–H and O–H groups in total. The smallest absolute Gasteiger partial charge is 0.00448 e. The Hall–Kier alpha value is -0.0800. The van der Waals surface area contributed by atoms with Crippen LogP contribution >= 0.6 is 0 Å². The fourth-order valence-electron chi connectivity index (χ4n) is 2.56. The topological polar surface area (TPSA) is 15.3 Å². The summed E-state index contributed by atoms with van der Waals surface area (Å²) in [6.07, 6.45) is 6.91. The molecule has 16 heavy (non-hydrogen) atoms. The van der Waals surface area contributed by atoms with Gasteiger partial charge in [-0.15, -0.1) is 0 Å². The van der Waals surface area contributed by atoms with E-state index >= 15 is 0 Å². The molecular formula is C14H30N2. The maximum atomic E-state index is 3.55. The summed E-state index contributed by atoms with van der Waals surface area (Å²) in [7, 11) is 0. The molecule has 0 bridgehead atoms. The molecule has 1 rings (SSSR count). The second-order valence-electron chi connectivity index (χ2n) is 6.03. The molecule has 1 saturated heterocycles. The molecule has 1 aliphatic rings. The van der Waals surface area contributed by atoms with Crippen molar-refractivity contribution in [2.45, 2.75) is 52.9 Å². The van der Waals surface area contributed by atoms with E-state index in [2.05, 4.69) is 31.0 Å². The number of rotatable bonds is 6. The van der Waals surface area contributed by atoms with Gasteiger partial charge in [0, 0.05) is 13.1 Å². The maximum Gasteiger partial charge on any atom is 0.00448 e. The van der Waals surface area contributed by atoms with Crippen LogP contribution in [0.1, 0.15) is 52.9 Å². The summed E-state index contributed by atoms with van der Waals surface area (Å²) in [5.41, 5.74) is 0.416. The van der Waals surface area contributed by atoms with E-state index in [1.54, 1.807) is 0 Å². The summed E-state index contributed by atoms with van der Waals surface area (Å²) in [6.45, 7) is 13.2. The van der Waals surface area contributed by atoms with Gasteiger partial charge in [0.25, 0.3) is 0 Å². The zero-order chi connectivity index (χ0) is 11.9. The zero-order valence-electron chi connectivity index (χ0n) is 11.5. The first-order chi connectivity index (χ1) is 7.64. The Kier molecular flexibility index (Phi) is 6.37. The van der Waals surface area contributed by atoms with Crippen molar-refractivity contribution < 1.29 is 0 Å². The van der Waals surface area contributed by atoms with Crippen LogP contribution in [0.3, 0.4) is 0 Å². The first-order valence-corrected chi connectivity index (χ1v) is 7.07. The second-order valence-corrected chi connectivity index (χ2v) is 6.03. The molecule has 0 atom stereocenters.